The van der Waals surface area contributed by atoms with Crippen LogP contribution in [0.3, 0.4) is 0 Å². The molecule has 0 unspecified atom stereocenters. The molecular weight excluding hydrogens is 186 g/mol. The lowest BCUT2D eigenvalue weighted by atomic mass is 10.1. The first kappa shape index (κ1) is 11.5. The maximum Gasteiger partial charge on any atom is 0.223 e. The fourth-order valence-corrected chi connectivity index (χ4v) is 1.21. The summed E-state index contributed by atoms with van der Waals surface area (Å²) in [6.45, 7) is 6.93. The average molecular weight is 203 g/mol. The van der Waals surface area contributed by atoms with Crippen LogP contribution in [0.15, 0.2) is 6.07 Å². The molecule has 0 radical (unpaired) electrons. The number of nitrogens with zero attached hydrogens (tertiary/aromatic N) is 2. The number of nitrogens with one attached hydrogen (secondary N) is 1. The summed E-state index contributed by atoms with van der Waals surface area (Å²) in [6, 6.07) is 2.01. The van der Waals surface area contributed by atoms with Gasteiger partial charge in [0, 0.05) is 24.4 Å². The molecule has 1 rings (SSSR count). The summed E-state index contributed by atoms with van der Waals surface area (Å²) in [5.74, 6) is 3.66. The molecule has 0 saturated heterocycles. The maximum absolute atomic E-state index is 5.17. The second-order valence-corrected chi connectivity index (χ2v) is 3.79. The number of terminal acetylenes is 1. The van der Waals surface area contributed by atoms with Gasteiger partial charge in [-0.15, -0.1) is 12.3 Å². The van der Waals surface area contributed by atoms with Gasteiger partial charge in [-0.2, -0.15) is 0 Å². The maximum atomic E-state index is 5.17. The van der Waals surface area contributed by atoms with Crippen molar-refractivity contribution in [2.75, 3.05) is 11.9 Å². The van der Waals surface area contributed by atoms with E-state index in [1.54, 1.807) is 0 Å². The van der Waals surface area contributed by atoms with Crippen LogP contribution < -0.4 is 5.32 Å². The molecule has 0 saturated carbocycles. The van der Waals surface area contributed by atoms with Crippen molar-refractivity contribution in [2.45, 2.75) is 33.1 Å². The number of aryl methyl sites for hydroxylation is 1. The molecule has 1 aromatic rings. The van der Waals surface area contributed by atoms with E-state index in [0.717, 1.165) is 17.9 Å². The minimum Gasteiger partial charge on any atom is -0.353 e. The van der Waals surface area contributed by atoms with Crippen molar-refractivity contribution in [1.82, 2.24) is 9.97 Å². The molecule has 0 aromatic carbocycles. The number of hydrogen-bond acceptors (Lipinski definition) is 3. The number of rotatable bonds is 4. The third-order valence-electron chi connectivity index (χ3n) is 2.02. The van der Waals surface area contributed by atoms with Crippen molar-refractivity contribution >= 4 is 5.95 Å². The number of aromatic nitrogens is 2. The highest BCUT2D eigenvalue weighted by molar-refractivity contribution is 5.29. The largest absolute Gasteiger partial charge is 0.353 e. The van der Waals surface area contributed by atoms with Crippen LogP contribution in [0.4, 0.5) is 5.95 Å². The van der Waals surface area contributed by atoms with E-state index in [9.17, 15) is 0 Å². The molecule has 0 bridgehead atoms. The van der Waals surface area contributed by atoms with E-state index in [0.29, 0.717) is 18.3 Å². The van der Waals surface area contributed by atoms with Crippen LogP contribution in [-0.2, 0) is 0 Å². The summed E-state index contributed by atoms with van der Waals surface area (Å²) >= 11 is 0. The zero-order valence-corrected chi connectivity index (χ0v) is 9.54. The highest BCUT2D eigenvalue weighted by Crippen LogP contribution is 2.14. The van der Waals surface area contributed by atoms with Crippen LogP contribution in [0, 0.1) is 19.3 Å². The van der Waals surface area contributed by atoms with E-state index < -0.39 is 0 Å². The molecule has 1 N–H and O–H groups in total. The van der Waals surface area contributed by atoms with E-state index in [4.69, 9.17) is 6.42 Å². The quantitative estimate of drug-likeness (QED) is 0.603. The van der Waals surface area contributed by atoms with Crippen LogP contribution in [0.25, 0.3) is 0 Å². The van der Waals surface area contributed by atoms with Gasteiger partial charge in [-0.25, -0.2) is 9.97 Å². The normalized spacial score (nSPS) is 10.1. The van der Waals surface area contributed by atoms with Crippen molar-refractivity contribution in [3.05, 3.63) is 17.5 Å². The van der Waals surface area contributed by atoms with Crippen molar-refractivity contribution in [1.29, 1.82) is 0 Å². The van der Waals surface area contributed by atoms with Gasteiger partial charge < -0.3 is 5.32 Å². The third-order valence-corrected chi connectivity index (χ3v) is 2.02. The van der Waals surface area contributed by atoms with E-state index >= 15 is 0 Å². The van der Waals surface area contributed by atoms with Crippen LogP contribution >= 0.6 is 0 Å². The third kappa shape index (κ3) is 3.59. The Hall–Kier alpha value is -1.56. The molecule has 0 amide bonds. The number of hydrogen-bond donors (Lipinski definition) is 1. The van der Waals surface area contributed by atoms with Gasteiger partial charge in [0.05, 0.1) is 0 Å². The molecule has 0 spiro atoms. The first-order chi connectivity index (χ1) is 7.13. The highest BCUT2D eigenvalue weighted by Gasteiger charge is 2.04. The molecule has 0 aliphatic carbocycles. The Kier molecular flexibility index (Phi) is 4.11. The van der Waals surface area contributed by atoms with Crippen LogP contribution in [0.2, 0.25) is 0 Å². The Bertz CT molecular complexity index is 364. The van der Waals surface area contributed by atoms with Gasteiger partial charge in [-0.05, 0) is 18.9 Å². The minimum atomic E-state index is 0.417. The van der Waals surface area contributed by atoms with Gasteiger partial charge in [-0.3, -0.25) is 0 Å². The number of anilines is 1. The summed E-state index contributed by atoms with van der Waals surface area (Å²) < 4.78 is 0. The molecule has 15 heavy (non-hydrogen) atoms. The molecular formula is C12H17N3. The lowest BCUT2D eigenvalue weighted by Crippen LogP contribution is -2.07. The van der Waals surface area contributed by atoms with Gasteiger partial charge in [0.15, 0.2) is 0 Å². The molecule has 0 aliphatic rings. The van der Waals surface area contributed by atoms with Gasteiger partial charge in [-0.1, -0.05) is 13.8 Å². The molecule has 0 fully saturated rings. The molecule has 80 valence electrons. The Labute approximate surface area is 91.3 Å². The zero-order valence-electron chi connectivity index (χ0n) is 9.54. The molecule has 0 atom stereocenters. The Morgan fingerprint density at radius 1 is 1.47 bits per heavy atom. The fraction of sp³-hybridized carbons (Fsp3) is 0.500. The summed E-state index contributed by atoms with van der Waals surface area (Å²) in [6.07, 6.45) is 5.86. The second-order valence-electron chi connectivity index (χ2n) is 3.79. The van der Waals surface area contributed by atoms with Gasteiger partial charge in [0.25, 0.3) is 0 Å². The molecule has 3 nitrogen and oxygen atoms in total. The van der Waals surface area contributed by atoms with E-state index in [1.807, 2.05) is 13.0 Å². The average Bonchev–Trinajstić information content (AvgIpc) is 2.17. The summed E-state index contributed by atoms with van der Waals surface area (Å²) in [7, 11) is 0. The van der Waals surface area contributed by atoms with Gasteiger partial charge in [0.1, 0.15) is 0 Å². The SMILES string of the molecule is C#CCCNc1nc(C)cc(C(C)C)n1. The Balaban J connectivity index is 2.76. The van der Waals surface area contributed by atoms with Crippen molar-refractivity contribution in [3.63, 3.8) is 0 Å². The monoisotopic (exact) mass is 203 g/mol. The molecule has 1 heterocycles. The highest BCUT2D eigenvalue weighted by atomic mass is 15.1. The predicted molar refractivity (Wildman–Crippen MR) is 62.8 cm³/mol. The lowest BCUT2D eigenvalue weighted by molar-refractivity contribution is 0.808. The minimum absolute atomic E-state index is 0.417. The Morgan fingerprint density at radius 2 is 2.20 bits per heavy atom. The van der Waals surface area contributed by atoms with Crippen molar-refractivity contribution < 1.29 is 0 Å². The van der Waals surface area contributed by atoms with Crippen molar-refractivity contribution in [2.24, 2.45) is 0 Å². The topological polar surface area (TPSA) is 37.8 Å². The Morgan fingerprint density at radius 3 is 2.80 bits per heavy atom. The van der Waals surface area contributed by atoms with E-state index in [-0.39, 0.29) is 0 Å². The molecule has 1 aromatic heterocycles. The zero-order chi connectivity index (χ0) is 11.3. The standard InChI is InChI=1S/C12H17N3/c1-5-6-7-13-12-14-10(4)8-11(15-12)9(2)3/h1,8-9H,6-7H2,2-4H3,(H,13,14,15). The van der Waals surface area contributed by atoms with E-state index in [1.165, 1.54) is 0 Å². The van der Waals surface area contributed by atoms with E-state index in [2.05, 4.69) is 35.1 Å². The summed E-state index contributed by atoms with van der Waals surface area (Å²) in [5, 5.41) is 3.12. The van der Waals surface area contributed by atoms with Crippen LogP contribution in [0.1, 0.15) is 37.6 Å². The smallest absolute Gasteiger partial charge is 0.223 e. The predicted octanol–water partition coefficient (Wildman–Crippen LogP) is 2.34. The van der Waals surface area contributed by atoms with Crippen molar-refractivity contribution in [3.8, 4) is 12.3 Å². The second kappa shape index (κ2) is 5.35. The van der Waals surface area contributed by atoms with Crippen LogP contribution in [0.5, 0.6) is 0 Å². The lowest BCUT2D eigenvalue weighted by Gasteiger charge is -2.09. The van der Waals surface area contributed by atoms with Gasteiger partial charge >= 0.3 is 0 Å². The van der Waals surface area contributed by atoms with Gasteiger partial charge in [0.2, 0.25) is 5.95 Å². The first-order valence-corrected chi connectivity index (χ1v) is 5.16. The molecule has 3 heteroatoms. The summed E-state index contributed by atoms with van der Waals surface area (Å²) in [4.78, 5) is 8.71. The fourth-order valence-electron chi connectivity index (χ4n) is 1.21. The van der Waals surface area contributed by atoms with Crippen LogP contribution in [-0.4, -0.2) is 16.5 Å². The summed E-state index contributed by atoms with van der Waals surface area (Å²) in [5.41, 5.74) is 2.04. The first-order valence-electron chi connectivity index (χ1n) is 5.16. The molecule has 0 aliphatic heterocycles.